The number of hydrogen-bond donors (Lipinski definition) is 1. The Balaban J connectivity index is 2.10. The van der Waals surface area contributed by atoms with Crippen LogP contribution in [0.15, 0.2) is 29.4 Å². The SMILES string of the molecule is CN=C(NCC(C)(C)c1ccc(OC)c(OC)c1)N(C)Cc1cn(C)nc1C(C)C. The molecule has 1 N–H and O–H groups in total. The van der Waals surface area contributed by atoms with E-state index in [0.717, 1.165) is 36.2 Å². The first kappa shape index (κ1) is 23.6. The van der Waals surface area contributed by atoms with Gasteiger partial charge in [-0.3, -0.25) is 9.67 Å². The second-order valence-corrected chi connectivity index (χ2v) is 8.58. The fourth-order valence-electron chi connectivity index (χ4n) is 3.54. The second kappa shape index (κ2) is 9.87. The summed E-state index contributed by atoms with van der Waals surface area (Å²) < 4.78 is 12.7. The Morgan fingerprint density at radius 3 is 2.47 bits per heavy atom. The van der Waals surface area contributed by atoms with Crippen molar-refractivity contribution in [3.05, 3.63) is 41.2 Å². The molecule has 0 fully saturated rings. The summed E-state index contributed by atoms with van der Waals surface area (Å²) in [7, 11) is 9.14. The summed E-state index contributed by atoms with van der Waals surface area (Å²) in [4.78, 5) is 6.62. The molecule has 0 saturated heterocycles. The van der Waals surface area contributed by atoms with Crippen molar-refractivity contribution in [2.45, 2.75) is 45.6 Å². The number of nitrogens with one attached hydrogen (secondary N) is 1. The van der Waals surface area contributed by atoms with Gasteiger partial charge in [-0.1, -0.05) is 33.8 Å². The number of ether oxygens (including phenoxy) is 2. The molecule has 1 aromatic heterocycles. The fourth-order valence-corrected chi connectivity index (χ4v) is 3.54. The highest BCUT2D eigenvalue weighted by Gasteiger charge is 2.24. The number of methoxy groups -OCH3 is 2. The maximum Gasteiger partial charge on any atom is 0.193 e. The van der Waals surface area contributed by atoms with Crippen molar-refractivity contribution in [1.29, 1.82) is 0 Å². The van der Waals surface area contributed by atoms with E-state index in [2.05, 4.69) is 67.3 Å². The molecule has 2 aromatic rings. The largest absolute Gasteiger partial charge is 0.493 e. The molecule has 0 unspecified atom stereocenters. The lowest BCUT2D eigenvalue weighted by atomic mass is 9.84. The minimum atomic E-state index is -0.131. The van der Waals surface area contributed by atoms with Crippen LogP contribution in [0.4, 0.5) is 0 Å². The van der Waals surface area contributed by atoms with Crippen LogP contribution >= 0.6 is 0 Å². The van der Waals surface area contributed by atoms with E-state index < -0.39 is 0 Å². The minimum Gasteiger partial charge on any atom is -0.493 e. The summed E-state index contributed by atoms with van der Waals surface area (Å²) in [6.45, 7) is 10.2. The molecule has 7 nitrogen and oxygen atoms in total. The topological polar surface area (TPSA) is 63.9 Å². The normalized spacial score (nSPS) is 12.3. The van der Waals surface area contributed by atoms with Crippen LogP contribution in [0.1, 0.15) is 50.4 Å². The lowest BCUT2D eigenvalue weighted by molar-refractivity contribution is 0.353. The van der Waals surface area contributed by atoms with Crippen LogP contribution in [-0.4, -0.2) is 55.5 Å². The minimum absolute atomic E-state index is 0.131. The third-order valence-corrected chi connectivity index (χ3v) is 5.32. The third kappa shape index (κ3) is 5.46. The van der Waals surface area contributed by atoms with Gasteiger partial charge in [-0.15, -0.1) is 0 Å². The predicted molar refractivity (Wildman–Crippen MR) is 123 cm³/mol. The van der Waals surface area contributed by atoms with E-state index in [4.69, 9.17) is 9.47 Å². The van der Waals surface area contributed by atoms with E-state index in [1.54, 1.807) is 14.2 Å². The average molecular weight is 416 g/mol. The molecule has 0 aliphatic carbocycles. The van der Waals surface area contributed by atoms with Crippen molar-refractivity contribution in [3.8, 4) is 11.5 Å². The first-order valence-corrected chi connectivity index (χ1v) is 10.3. The van der Waals surface area contributed by atoms with Gasteiger partial charge in [0.05, 0.1) is 19.9 Å². The van der Waals surface area contributed by atoms with E-state index in [1.165, 1.54) is 11.1 Å². The Kier molecular flexibility index (Phi) is 7.76. The number of benzene rings is 1. The fraction of sp³-hybridized carbons (Fsp3) is 0.565. The zero-order chi connectivity index (χ0) is 22.5. The van der Waals surface area contributed by atoms with Crippen LogP contribution in [0.3, 0.4) is 0 Å². The number of nitrogens with zero attached hydrogens (tertiary/aromatic N) is 4. The van der Waals surface area contributed by atoms with Crippen LogP contribution in [0.2, 0.25) is 0 Å². The molecule has 0 atom stereocenters. The summed E-state index contributed by atoms with van der Waals surface area (Å²) in [5, 5.41) is 8.14. The highest BCUT2D eigenvalue weighted by molar-refractivity contribution is 5.79. The molecule has 7 heteroatoms. The highest BCUT2D eigenvalue weighted by atomic mass is 16.5. The van der Waals surface area contributed by atoms with Crippen molar-refractivity contribution >= 4 is 5.96 Å². The number of hydrogen-bond acceptors (Lipinski definition) is 4. The van der Waals surface area contributed by atoms with Gasteiger partial charge in [0.2, 0.25) is 0 Å². The van der Waals surface area contributed by atoms with Crippen molar-refractivity contribution < 1.29 is 9.47 Å². The summed E-state index contributed by atoms with van der Waals surface area (Å²) in [5.41, 5.74) is 3.39. The summed E-state index contributed by atoms with van der Waals surface area (Å²) in [6.07, 6.45) is 2.09. The number of rotatable bonds is 8. The smallest absolute Gasteiger partial charge is 0.193 e. The van der Waals surface area contributed by atoms with Crippen molar-refractivity contribution in [2.75, 3.05) is 34.9 Å². The second-order valence-electron chi connectivity index (χ2n) is 8.58. The van der Waals surface area contributed by atoms with Gasteiger partial charge in [-0.05, 0) is 23.6 Å². The molecule has 0 saturated carbocycles. The zero-order valence-corrected chi connectivity index (χ0v) is 19.9. The van der Waals surface area contributed by atoms with Crippen molar-refractivity contribution in [1.82, 2.24) is 20.0 Å². The lowest BCUT2D eigenvalue weighted by Crippen LogP contribution is -2.44. The molecule has 2 rings (SSSR count). The Hall–Kier alpha value is -2.70. The highest BCUT2D eigenvalue weighted by Crippen LogP contribution is 2.33. The van der Waals surface area contributed by atoms with Crippen LogP contribution in [0.25, 0.3) is 0 Å². The molecule has 1 aromatic carbocycles. The Labute approximate surface area is 181 Å². The molecule has 166 valence electrons. The first-order chi connectivity index (χ1) is 14.1. The van der Waals surface area contributed by atoms with Crippen LogP contribution in [0, 0.1) is 0 Å². The maximum atomic E-state index is 5.47. The van der Waals surface area contributed by atoms with Crippen LogP contribution in [-0.2, 0) is 19.0 Å². The molecule has 0 amide bonds. The maximum absolute atomic E-state index is 5.47. The quantitative estimate of drug-likeness (QED) is 0.528. The first-order valence-electron chi connectivity index (χ1n) is 10.3. The molecule has 30 heavy (non-hydrogen) atoms. The molecular formula is C23H37N5O2. The molecule has 1 heterocycles. The van der Waals surface area contributed by atoms with Gasteiger partial charge >= 0.3 is 0 Å². The standard InChI is InChI=1S/C23H37N5O2/c1-16(2)21-17(14-28(7)26-21)13-27(6)22(24-5)25-15-23(3,4)18-10-11-19(29-8)20(12-18)30-9/h10-12,14,16H,13,15H2,1-9H3,(H,24,25). The average Bonchev–Trinajstić information content (AvgIpc) is 3.08. The summed E-state index contributed by atoms with van der Waals surface area (Å²) in [6, 6.07) is 6.07. The molecule has 0 radical (unpaired) electrons. The van der Waals surface area contributed by atoms with E-state index in [-0.39, 0.29) is 5.41 Å². The Morgan fingerprint density at radius 2 is 1.90 bits per heavy atom. The molecular weight excluding hydrogens is 378 g/mol. The van der Waals surface area contributed by atoms with Gasteiger partial charge in [-0.2, -0.15) is 5.10 Å². The summed E-state index contributed by atoms with van der Waals surface area (Å²) >= 11 is 0. The van der Waals surface area contributed by atoms with Gasteiger partial charge in [0, 0.05) is 51.4 Å². The van der Waals surface area contributed by atoms with Gasteiger partial charge in [0.1, 0.15) is 0 Å². The van der Waals surface area contributed by atoms with Gasteiger partial charge < -0.3 is 19.7 Å². The van der Waals surface area contributed by atoms with Crippen LogP contribution < -0.4 is 14.8 Å². The number of aliphatic imine (C=N–C) groups is 1. The van der Waals surface area contributed by atoms with Gasteiger partial charge in [0.15, 0.2) is 17.5 Å². The van der Waals surface area contributed by atoms with Crippen molar-refractivity contribution in [3.63, 3.8) is 0 Å². The Morgan fingerprint density at radius 1 is 1.23 bits per heavy atom. The van der Waals surface area contributed by atoms with Gasteiger partial charge in [-0.25, -0.2) is 0 Å². The third-order valence-electron chi connectivity index (χ3n) is 5.32. The number of guanidine groups is 1. The molecule has 0 spiro atoms. The number of aryl methyl sites for hydroxylation is 1. The van der Waals surface area contributed by atoms with E-state index in [1.807, 2.05) is 30.9 Å². The van der Waals surface area contributed by atoms with E-state index in [9.17, 15) is 0 Å². The zero-order valence-electron chi connectivity index (χ0n) is 19.9. The Bertz CT molecular complexity index is 870. The van der Waals surface area contributed by atoms with E-state index in [0.29, 0.717) is 5.92 Å². The predicted octanol–water partition coefficient (Wildman–Crippen LogP) is 3.55. The van der Waals surface area contributed by atoms with Crippen molar-refractivity contribution in [2.24, 2.45) is 12.0 Å². The lowest BCUT2D eigenvalue weighted by Gasteiger charge is -2.30. The summed E-state index contributed by atoms with van der Waals surface area (Å²) in [5.74, 6) is 2.70. The van der Waals surface area contributed by atoms with Gasteiger partial charge in [0.25, 0.3) is 0 Å². The number of aromatic nitrogens is 2. The van der Waals surface area contributed by atoms with E-state index >= 15 is 0 Å². The molecule has 0 aliphatic heterocycles. The molecule has 0 bridgehead atoms. The molecule has 0 aliphatic rings. The van der Waals surface area contributed by atoms with Crippen LogP contribution in [0.5, 0.6) is 11.5 Å². The monoisotopic (exact) mass is 415 g/mol.